The highest BCUT2D eigenvalue weighted by Gasteiger charge is 2.23. The van der Waals surface area contributed by atoms with Crippen LogP contribution in [0.3, 0.4) is 0 Å². The lowest BCUT2D eigenvalue weighted by Crippen LogP contribution is -2.43. The van der Waals surface area contributed by atoms with Crippen molar-refractivity contribution in [2.24, 2.45) is 5.92 Å². The van der Waals surface area contributed by atoms with Gasteiger partial charge in [0.15, 0.2) is 0 Å². The summed E-state index contributed by atoms with van der Waals surface area (Å²) in [6, 6.07) is 5.84. The fourth-order valence-electron chi connectivity index (χ4n) is 3.02. The molecule has 0 radical (unpaired) electrons. The van der Waals surface area contributed by atoms with Gasteiger partial charge in [0.25, 0.3) is 0 Å². The van der Waals surface area contributed by atoms with Crippen LogP contribution in [0.1, 0.15) is 37.3 Å². The second-order valence-corrected chi connectivity index (χ2v) is 6.75. The van der Waals surface area contributed by atoms with E-state index < -0.39 is 6.10 Å². The second-order valence-electron chi connectivity index (χ2n) is 6.75. The first-order valence-corrected chi connectivity index (χ1v) is 8.72. The van der Waals surface area contributed by atoms with Gasteiger partial charge in [-0.05, 0) is 57.1 Å². The number of rotatable bonds is 7. The molecule has 1 saturated heterocycles. The fraction of sp³-hybridized carbons (Fsp3) is 0.632. The lowest BCUT2D eigenvalue weighted by Gasteiger charge is -2.24. The molecule has 1 aliphatic heterocycles. The van der Waals surface area contributed by atoms with Gasteiger partial charge in [-0.15, -0.1) is 0 Å². The van der Waals surface area contributed by atoms with E-state index in [1.54, 1.807) is 0 Å². The van der Waals surface area contributed by atoms with E-state index in [-0.39, 0.29) is 11.9 Å². The number of carbonyl (C=O) groups excluding carboxylic acids is 1. The Hall–Kier alpha value is -1.59. The van der Waals surface area contributed by atoms with Crippen molar-refractivity contribution in [2.45, 2.75) is 52.2 Å². The number of aryl methyl sites for hydroxylation is 2. The predicted molar refractivity (Wildman–Crippen MR) is 93.2 cm³/mol. The van der Waals surface area contributed by atoms with Crippen molar-refractivity contribution >= 4 is 5.91 Å². The first-order valence-electron chi connectivity index (χ1n) is 8.72. The Morgan fingerprint density at radius 3 is 2.58 bits per heavy atom. The third-order valence-corrected chi connectivity index (χ3v) is 4.48. The summed E-state index contributed by atoms with van der Waals surface area (Å²) in [7, 11) is 0. The van der Waals surface area contributed by atoms with Crippen LogP contribution in [0.4, 0.5) is 0 Å². The Morgan fingerprint density at radius 2 is 1.96 bits per heavy atom. The lowest BCUT2D eigenvalue weighted by atomic mass is 9.93. The van der Waals surface area contributed by atoms with Gasteiger partial charge in [-0.2, -0.15) is 0 Å². The molecule has 24 heavy (non-hydrogen) atoms. The highest BCUT2D eigenvalue weighted by Crippen LogP contribution is 2.22. The largest absolute Gasteiger partial charge is 0.491 e. The van der Waals surface area contributed by atoms with Crippen molar-refractivity contribution in [1.82, 2.24) is 5.32 Å². The summed E-state index contributed by atoms with van der Waals surface area (Å²) in [5.41, 5.74) is 2.15. The molecule has 1 aromatic rings. The predicted octanol–water partition coefficient (Wildman–Crippen LogP) is 2.36. The van der Waals surface area contributed by atoms with E-state index in [1.807, 2.05) is 39.0 Å². The fourth-order valence-corrected chi connectivity index (χ4v) is 3.02. The van der Waals surface area contributed by atoms with Crippen LogP contribution in [0.2, 0.25) is 0 Å². The molecule has 0 spiro atoms. The summed E-state index contributed by atoms with van der Waals surface area (Å²) in [4.78, 5) is 12.1. The van der Waals surface area contributed by atoms with E-state index >= 15 is 0 Å². The van der Waals surface area contributed by atoms with Gasteiger partial charge in [-0.25, -0.2) is 0 Å². The van der Waals surface area contributed by atoms with Crippen LogP contribution in [-0.4, -0.2) is 43.0 Å². The zero-order chi connectivity index (χ0) is 17.5. The van der Waals surface area contributed by atoms with Crippen LogP contribution in [0.5, 0.6) is 5.75 Å². The van der Waals surface area contributed by atoms with E-state index in [9.17, 15) is 9.90 Å². The van der Waals surface area contributed by atoms with Gasteiger partial charge in [0.2, 0.25) is 5.91 Å². The smallest absolute Gasteiger partial charge is 0.249 e. The number of ether oxygens (including phenoxy) is 2. The molecule has 2 N–H and O–H groups in total. The molecule has 2 rings (SSSR count). The molecule has 0 saturated carbocycles. The van der Waals surface area contributed by atoms with Crippen molar-refractivity contribution in [3.8, 4) is 5.75 Å². The number of benzene rings is 1. The number of hydrogen-bond acceptors (Lipinski definition) is 4. The van der Waals surface area contributed by atoms with Gasteiger partial charge in [0, 0.05) is 13.2 Å². The number of hydrogen-bond donors (Lipinski definition) is 2. The number of para-hydroxylation sites is 1. The Bertz CT molecular complexity index is 520. The van der Waals surface area contributed by atoms with Gasteiger partial charge >= 0.3 is 0 Å². The lowest BCUT2D eigenvalue weighted by molar-refractivity contribution is -0.131. The second kappa shape index (κ2) is 9.04. The summed E-state index contributed by atoms with van der Waals surface area (Å²) in [5, 5.41) is 12.9. The van der Waals surface area contributed by atoms with Crippen LogP contribution in [-0.2, 0) is 9.53 Å². The SMILES string of the molecule is Cc1cccc(C)c1OCC(C)NC(=O)C(O)CC1CCOCC1. The van der Waals surface area contributed by atoms with E-state index in [0.29, 0.717) is 18.9 Å². The summed E-state index contributed by atoms with van der Waals surface area (Å²) >= 11 is 0. The minimum absolute atomic E-state index is 0.166. The van der Waals surface area contributed by atoms with Gasteiger partial charge in [-0.1, -0.05) is 18.2 Å². The monoisotopic (exact) mass is 335 g/mol. The average Bonchev–Trinajstić information content (AvgIpc) is 2.55. The third-order valence-electron chi connectivity index (χ3n) is 4.48. The minimum Gasteiger partial charge on any atom is -0.491 e. The standard InChI is InChI=1S/C19H29NO4/c1-13-5-4-6-14(2)18(13)24-12-15(3)20-19(22)17(21)11-16-7-9-23-10-8-16/h4-6,15-17,21H,7-12H2,1-3H3,(H,20,22). The maximum atomic E-state index is 12.1. The van der Waals surface area contributed by atoms with Gasteiger partial charge in [0.05, 0.1) is 6.04 Å². The normalized spacial score (nSPS) is 18.0. The first kappa shape index (κ1) is 18.7. The average molecular weight is 335 g/mol. The highest BCUT2D eigenvalue weighted by molar-refractivity contribution is 5.80. The van der Waals surface area contributed by atoms with Crippen molar-refractivity contribution in [3.63, 3.8) is 0 Å². The number of aliphatic hydroxyl groups excluding tert-OH is 1. The van der Waals surface area contributed by atoms with Crippen molar-refractivity contribution in [1.29, 1.82) is 0 Å². The van der Waals surface area contributed by atoms with E-state index in [0.717, 1.165) is 42.9 Å². The molecule has 2 unspecified atom stereocenters. The Kier molecular flexibility index (Phi) is 7.06. The van der Waals surface area contributed by atoms with Crippen LogP contribution in [0, 0.1) is 19.8 Å². The molecule has 1 amide bonds. The minimum atomic E-state index is -0.962. The quantitative estimate of drug-likeness (QED) is 0.803. The molecule has 1 aliphatic rings. The number of amides is 1. The highest BCUT2D eigenvalue weighted by atomic mass is 16.5. The van der Waals surface area contributed by atoms with Gasteiger partial charge < -0.3 is 19.9 Å². The molecule has 2 atom stereocenters. The number of nitrogens with one attached hydrogen (secondary N) is 1. The van der Waals surface area contributed by atoms with Crippen molar-refractivity contribution < 1.29 is 19.4 Å². The number of aliphatic hydroxyl groups is 1. The molecule has 0 aromatic heterocycles. The molecule has 1 fully saturated rings. The molecule has 0 bridgehead atoms. The summed E-state index contributed by atoms with van der Waals surface area (Å²) < 4.78 is 11.1. The topological polar surface area (TPSA) is 67.8 Å². The van der Waals surface area contributed by atoms with Gasteiger partial charge in [0.1, 0.15) is 18.5 Å². The maximum absolute atomic E-state index is 12.1. The molecular formula is C19H29NO4. The van der Waals surface area contributed by atoms with Crippen LogP contribution in [0.15, 0.2) is 18.2 Å². The molecule has 5 heteroatoms. The van der Waals surface area contributed by atoms with Crippen LogP contribution in [0.25, 0.3) is 0 Å². The molecular weight excluding hydrogens is 306 g/mol. The Labute approximate surface area is 144 Å². The van der Waals surface area contributed by atoms with E-state index in [1.165, 1.54) is 0 Å². The molecule has 5 nitrogen and oxygen atoms in total. The van der Waals surface area contributed by atoms with Crippen molar-refractivity contribution in [3.05, 3.63) is 29.3 Å². The zero-order valence-corrected chi connectivity index (χ0v) is 14.9. The maximum Gasteiger partial charge on any atom is 0.249 e. The van der Waals surface area contributed by atoms with E-state index in [4.69, 9.17) is 9.47 Å². The van der Waals surface area contributed by atoms with Gasteiger partial charge in [-0.3, -0.25) is 4.79 Å². The Balaban J connectivity index is 1.76. The van der Waals surface area contributed by atoms with E-state index in [2.05, 4.69) is 5.32 Å². The first-order chi connectivity index (χ1) is 11.5. The molecule has 1 heterocycles. The summed E-state index contributed by atoms with van der Waals surface area (Å²) in [6.07, 6.45) is 1.36. The third kappa shape index (κ3) is 5.49. The summed E-state index contributed by atoms with van der Waals surface area (Å²) in [6.45, 7) is 7.71. The molecule has 0 aliphatic carbocycles. The van der Waals surface area contributed by atoms with Crippen LogP contribution >= 0.6 is 0 Å². The van der Waals surface area contributed by atoms with Crippen molar-refractivity contribution in [2.75, 3.05) is 19.8 Å². The van der Waals surface area contributed by atoms with Crippen LogP contribution < -0.4 is 10.1 Å². The Morgan fingerprint density at radius 1 is 1.33 bits per heavy atom. The zero-order valence-electron chi connectivity index (χ0n) is 14.9. The summed E-state index contributed by atoms with van der Waals surface area (Å²) in [5.74, 6) is 0.904. The molecule has 134 valence electrons. The molecule has 1 aromatic carbocycles. The number of carbonyl (C=O) groups is 1.